The lowest BCUT2D eigenvalue weighted by atomic mass is 10.1. The summed E-state index contributed by atoms with van der Waals surface area (Å²) in [4.78, 5) is 9.15. The maximum Gasteiger partial charge on any atom is 0.143 e. The molecule has 0 aliphatic heterocycles. The highest BCUT2D eigenvalue weighted by molar-refractivity contribution is 5.81. The molecule has 0 saturated heterocycles. The average molecular weight is 342 g/mol. The Hall–Kier alpha value is -3.14. The van der Waals surface area contributed by atoms with Gasteiger partial charge in [0.05, 0.1) is 17.1 Å². The molecular formula is C22H22N4. The topological polar surface area (TPSA) is 56.7 Å². The van der Waals surface area contributed by atoms with E-state index in [9.17, 15) is 0 Å². The first-order valence-electron chi connectivity index (χ1n) is 8.80. The molecule has 2 aromatic carbocycles. The molecule has 4 rings (SSSR count). The van der Waals surface area contributed by atoms with Crippen LogP contribution in [0.3, 0.4) is 0 Å². The minimum atomic E-state index is 0.148. The van der Waals surface area contributed by atoms with Crippen molar-refractivity contribution in [3.63, 3.8) is 0 Å². The molecule has 0 saturated carbocycles. The zero-order valence-electron chi connectivity index (χ0n) is 15.3. The Labute approximate surface area is 153 Å². The minimum absolute atomic E-state index is 0.148. The number of nitrogens with two attached hydrogens (primary N) is 1. The molecule has 1 atom stereocenters. The Morgan fingerprint density at radius 2 is 1.65 bits per heavy atom. The Balaban J connectivity index is 1.95. The lowest BCUT2D eigenvalue weighted by Gasteiger charge is -2.19. The predicted molar refractivity (Wildman–Crippen MR) is 107 cm³/mol. The Morgan fingerprint density at radius 1 is 0.923 bits per heavy atom. The van der Waals surface area contributed by atoms with Gasteiger partial charge < -0.3 is 10.3 Å². The summed E-state index contributed by atoms with van der Waals surface area (Å²) in [6, 6.07) is 19.0. The van der Waals surface area contributed by atoms with Crippen molar-refractivity contribution in [2.45, 2.75) is 26.8 Å². The van der Waals surface area contributed by atoms with E-state index in [-0.39, 0.29) is 6.04 Å². The number of pyridine rings is 1. The number of fused-ring (bicyclic) bond motifs is 1. The number of imidazole rings is 1. The molecule has 4 aromatic rings. The highest BCUT2D eigenvalue weighted by Gasteiger charge is 2.19. The number of aryl methyl sites for hydroxylation is 2. The van der Waals surface area contributed by atoms with Crippen LogP contribution in [-0.2, 0) is 0 Å². The van der Waals surface area contributed by atoms with Crippen molar-refractivity contribution in [1.29, 1.82) is 0 Å². The number of nitrogen functional groups attached to an aromatic ring is 1. The van der Waals surface area contributed by atoms with Crippen LogP contribution in [0, 0.1) is 13.8 Å². The van der Waals surface area contributed by atoms with E-state index in [2.05, 4.69) is 72.8 Å². The molecule has 130 valence electrons. The Morgan fingerprint density at radius 3 is 2.35 bits per heavy atom. The summed E-state index contributed by atoms with van der Waals surface area (Å²) in [6.45, 7) is 6.43. The van der Waals surface area contributed by atoms with Crippen LogP contribution >= 0.6 is 0 Å². The summed E-state index contributed by atoms with van der Waals surface area (Å²) in [5.41, 5.74) is 12.6. The summed E-state index contributed by atoms with van der Waals surface area (Å²) >= 11 is 0. The van der Waals surface area contributed by atoms with Gasteiger partial charge in [-0.3, -0.25) is 0 Å². The number of rotatable bonds is 3. The number of nitrogens with zero attached hydrogens (tertiary/aromatic N) is 3. The summed E-state index contributed by atoms with van der Waals surface area (Å²) in [5.74, 6) is 1.42. The third kappa shape index (κ3) is 2.84. The molecule has 4 nitrogen and oxygen atoms in total. The zero-order chi connectivity index (χ0) is 18.3. The van der Waals surface area contributed by atoms with Crippen molar-refractivity contribution in [3.05, 3.63) is 77.5 Å². The molecule has 0 aliphatic rings. The van der Waals surface area contributed by atoms with Crippen molar-refractivity contribution < 1.29 is 0 Å². The van der Waals surface area contributed by atoms with Crippen LogP contribution in [0.4, 0.5) is 5.82 Å². The lowest BCUT2D eigenvalue weighted by molar-refractivity contribution is 0.664. The molecule has 2 heterocycles. The maximum absolute atomic E-state index is 5.76. The molecule has 2 aromatic heterocycles. The van der Waals surface area contributed by atoms with Gasteiger partial charge in [-0.1, -0.05) is 35.9 Å². The smallest absolute Gasteiger partial charge is 0.143 e. The van der Waals surface area contributed by atoms with Crippen molar-refractivity contribution >= 4 is 16.9 Å². The minimum Gasteiger partial charge on any atom is -0.384 e. The fourth-order valence-electron chi connectivity index (χ4n) is 3.33. The largest absolute Gasteiger partial charge is 0.384 e. The van der Waals surface area contributed by atoms with E-state index in [1.54, 1.807) is 6.20 Å². The summed E-state index contributed by atoms with van der Waals surface area (Å²) in [5, 5.41) is 0. The van der Waals surface area contributed by atoms with E-state index in [0.29, 0.717) is 5.82 Å². The lowest BCUT2D eigenvalue weighted by Crippen LogP contribution is -2.09. The van der Waals surface area contributed by atoms with Crippen molar-refractivity contribution in [2.24, 2.45) is 0 Å². The van der Waals surface area contributed by atoms with Gasteiger partial charge in [-0.25, -0.2) is 9.97 Å². The van der Waals surface area contributed by atoms with Crippen LogP contribution in [0.5, 0.6) is 0 Å². The third-order valence-corrected chi connectivity index (χ3v) is 4.84. The highest BCUT2D eigenvalue weighted by atomic mass is 15.1. The quantitative estimate of drug-likeness (QED) is 0.576. The molecular weight excluding hydrogens is 320 g/mol. The fourth-order valence-corrected chi connectivity index (χ4v) is 3.33. The first kappa shape index (κ1) is 16.3. The van der Waals surface area contributed by atoms with Crippen LogP contribution < -0.4 is 5.73 Å². The summed E-state index contributed by atoms with van der Waals surface area (Å²) < 4.78 is 2.29. The van der Waals surface area contributed by atoms with E-state index in [1.807, 2.05) is 12.1 Å². The molecule has 0 bridgehead atoms. The molecule has 0 spiro atoms. The molecule has 0 amide bonds. The number of benzene rings is 2. The average Bonchev–Trinajstić information content (AvgIpc) is 3.01. The van der Waals surface area contributed by atoms with Gasteiger partial charge in [0.25, 0.3) is 0 Å². The Kier molecular flexibility index (Phi) is 3.96. The molecule has 0 fully saturated rings. The van der Waals surface area contributed by atoms with Crippen LogP contribution in [-0.4, -0.2) is 14.5 Å². The highest BCUT2D eigenvalue weighted by Crippen LogP contribution is 2.32. The van der Waals surface area contributed by atoms with Gasteiger partial charge in [0.2, 0.25) is 0 Å². The van der Waals surface area contributed by atoms with Crippen LogP contribution in [0.1, 0.15) is 29.7 Å². The molecule has 26 heavy (non-hydrogen) atoms. The van der Waals surface area contributed by atoms with Crippen molar-refractivity contribution in [3.8, 4) is 11.4 Å². The van der Waals surface area contributed by atoms with E-state index in [4.69, 9.17) is 10.7 Å². The summed E-state index contributed by atoms with van der Waals surface area (Å²) in [6.07, 6.45) is 1.79. The zero-order valence-corrected chi connectivity index (χ0v) is 15.3. The Bertz CT molecular complexity index is 1060. The first-order chi connectivity index (χ1) is 12.5. The van der Waals surface area contributed by atoms with Gasteiger partial charge in [-0.15, -0.1) is 0 Å². The first-order valence-corrected chi connectivity index (χ1v) is 8.80. The standard InChI is InChI=1S/C22H22N4/c1-14-4-7-17(8-5-14)16(3)26-20-12-15(2)6-10-19(20)25-22(26)18-9-11-21(23)24-13-18/h4-13,16H,1-3H3,(H2,23,24). The van der Waals surface area contributed by atoms with E-state index >= 15 is 0 Å². The van der Waals surface area contributed by atoms with Gasteiger partial charge in [0.15, 0.2) is 0 Å². The number of hydrogen-bond acceptors (Lipinski definition) is 3. The fraction of sp³-hybridized carbons (Fsp3) is 0.182. The van der Waals surface area contributed by atoms with Crippen molar-refractivity contribution in [1.82, 2.24) is 14.5 Å². The van der Waals surface area contributed by atoms with Gasteiger partial charge in [-0.2, -0.15) is 0 Å². The van der Waals surface area contributed by atoms with Crippen molar-refractivity contribution in [2.75, 3.05) is 5.73 Å². The molecule has 1 unspecified atom stereocenters. The van der Waals surface area contributed by atoms with E-state index < -0.39 is 0 Å². The second kappa shape index (κ2) is 6.30. The molecule has 2 N–H and O–H groups in total. The number of anilines is 1. The van der Waals surface area contributed by atoms with Gasteiger partial charge in [-0.05, 0) is 56.2 Å². The van der Waals surface area contributed by atoms with Gasteiger partial charge >= 0.3 is 0 Å². The second-order valence-corrected chi connectivity index (χ2v) is 6.86. The van der Waals surface area contributed by atoms with Crippen LogP contribution in [0.25, 0.3) is 22.4 Å². The van der Waals surface area contributed by atoms with E-state index in [1.165, 1.54) is 16.7 Å². The predicted octanol–water partition coefficient (Wildman–Crippen LogP) is 4.91. The molecule has 4 heteroatoms. The maximum atomic E-state index is 5.76. The number of aromatic nitrogens is 3. The monoisotopic (exact) mass is 342 g/mol. The normalized spacial score (nSPS) is 12.4. The van der Waals surface area contributed by atoms with E-state index in [0.717, 1.165) is 22.4 Å². The summed E-state index contributed by atoms with van der Waals surface area (Å²) in [7, 11) is 0. The van der Waals surface area contributed by atoms with Gasteiger partial charge in [0, 0.05) is 11.8 Å². The second-order valence-electron chi connectivity index (χ2n) is 6.86. The SMILES string of the molecule is Cc1ccc(C(C)n2c(-c3ccc(N)nc3)nc3ccc(C)cc32)cc1. The third-order valence-electron chi connectivity index (χ3n) is 4.84. The number of hydrogen-bond donors (Lipinski definition) is 1. The van der Waals surface area contributed by atoms with Crippen LogP contribution in [0.15, 0.2) is 60.8 Å². The van der Waals surface area contributed by atoms with Crippen LogP contribution in [0.2, 0.25) is 0 Å². The van der Waals surface area contributed by atoms with Gasteiger partial charge in [0.1, 0.15) is 11.6 Å². The molecule has 0 radical (unpaired) electrons. The molecule has 0 aliphatic carbocycles.